The highest BCUT2D eigenvalue weighted by atomic mass is 15.2. The molecule has 0 amide bonds. The van der Waals surface area contributed by atoms with E-state index in [9.17, 15) is 0 Å². The first-order chi connectivity index (χ1) is 9.24. The van der Waals surface area contributed by atoms with Crippen molar-refractivity contribution in [1.82, 2.24) is 20.0 Å². The van der Waals surface area contributed by atoms with Gasteiger partial charge >= 0.3 is 0 Å². The minimum absolute atomic E-state index is 0.928. The largest absolute Gasteiger partial charge is 0.315 e. The van der Waals surface area contributed by atoms with Crippen LogP contribution in [0.25, 0.3) is 0 Å². The molecule has 0 aliphatic heterocycles. The number of nitrogens with one attached hydrogen (secondary N) is 1. The summed E-state index contributed by atoms with van der Waals surface area (Å²) in [5.41, 5.74) is 1.29. The second-order valence-electron chi connectivity index (χ2n) is 5.97. The summed E-state index contributed by atoms with van der Waals surface area (Å²) in [6.45, 7) is 4.38. The summed E-state index contributed by atoms with van der Waals surface area (Å²) in [4.78, 5) is 2.35. The Morgan fingerprint density at radius 1 is 1.37 bits per heavy atom. The fourth-order valence-corrected chi connectivity index (χ4v) is 2.91. The van der Waals surface area contributed by atoms with Gasteiger partial charge in [0.1, 0.15) is 0 Å². The van der Waals surface area contributed by atoms with E-state index in [1.807, 2.05) is 17.9 Å². The van der Waals surface area contributed by atoms with E-state index in [0.29, 0.717) is 0 Å². The Bertz CT molecular complexity index is 355. The Balaban J connectivity index is 1.54. The molecule has 0 bridgehead atoms. The van der Waals surface area contributed by atoms with Gasteiger partial charge < -0.3 is 10.2 Å². The standard InChI is InChI=1S/C15H28N4/c1-18(12-15-11-17-19(2)13-15)9-8-16-10-14-6-4-3-5-7-14/h11,13-14,16H,3-10,12H2,1-2H3. The lowest BCUT2D eigenvalue weighted by Crippen LogP contribution is -2.32. The molecule has 4 nitrogen and oxygen atoms in total. The summed E-state index contributed by atoms with van der Waals surface area (Å²) in [7, 11) is 4.14. The van der Waals surface area contributed by atoms with Crippen molar-refractivity contribution < 1.29 is 0 Å². The van der Waals surface area contributed by atoms with E-state index >= 15 is 0 Å². The number of aromatic nitrogens is 2. The van der Waals surface area contributed by atoms with Crippen molar-refractivity contribution in [2.24, 2.45) is 13.0 Å². The molecule has 1 aliphatic carbocycles. The van der Waals surface area contributed by atoms with Gasteiger partial charge in [0.05, 0.1) is 6.20 Å². The minimum Gasteiger partial charge on any atom is -0.315 e. The molecule has 19 heavy (non-hydrogen) atoms. The van der Waals surface area contributed by atoms with Gasteiger partial charge in [0.2, 0.25) is 0 Å². The fourth-order valence-electron chi connectivity index (χ4n) is 2.91. The Hall–Kier alpha value is -0.870. The van der Waals surface area contributed by atoms with Crippen molar-refractivity contribution in [3.8, 4) is 0 Å². The summed E-state index contributed by atoms with van der Waals surface area (Å²) >= 11 is 0. The maximum atomic E-state index is 4.20. The summed E-state index contributed by atoms with van der Waals surface area (Å²) < 4.78 is 1.87. The molecule has 0 radical (unpaired) electrons. The molecule has 1 fully saturated rings. The van der Waals surface area contributed by atoms with Crippen LogP contribution >= 0.6 is 0 Å². The smallest absolute Gasteiger partial charge is 0.0534 e. The molecule has 0 spiro atoms. The molecule has 1 aliphatic rings. The molecule has 0 unspecified atom stereocenters. The second-order valence-corrected chi connectivity index (χ2v) is 5.97. The molecule has 1 aromatic rings. The molecule has 1 N–H and O–H groups in total. The molecule has 108 valence electrons. The van der Waals surface area contributed by atoms with E-state index in [1.165, 1.54) is 44.2 Å². The van der Waals surface area contributed by atoms with E-state index in [4.69, 9.17) is 0 Å². The van der Waals surface area contributed by atoms with Crippen LogP contribution in [0.2, 0.25) is 0 Å². The van der Waals surface area contributed by atoms with Crippen molar-refractivity contribution in [2.75, 3.05) is 26.7 Å². The van der Waals surface area contributed by atoms with Crippen LogP contribution in [0, 0.1) is 5.92 Å². The fraction of sp³-hybridized carbons (Fsp3) is 0.800. The predicted octanol–water partition coefficient (Wildman–Crippen LogP) is 2.02. The molecule has 1 saturated carbocycles. The first-order valence-corrected chi connectivity index (χ1v) is 7.61. The Morgan fingerprint density at radius 2 is 2.16 bits per heavy atom. The van der Waals surface area contributed by atoms with Gasteiger partial charge in [0, 0.05) is 38.4 Å². The highest BCUT2D eigenvalue weighted by Crippen LogP contribution is 2.22. The Labute approximate surface area is 117 Å². The minimum atomic E-state index is 0.928. The molecular formula is C15H28N4. The number of hydrogen-bond donors (Lipinski definition) is 1. The summed E-state index contributed by atoms with van der Waals surface area (Å²) in [6, 6.07) is 0. The molecule has 1 heterocycles. The zero-order valence-electron chi connectivity index (χ0n) is 12.4. The molecular weight excluding hydrogens is 236 g/mol. The lowest BCUT2D eigenvalue weighted by Gasteiger charge is -2.22. The highest BCUT2D eigenvalue weighted by Gasteiger charge is 2.12. The molecule has 4 heteroatoms. The van der Waals surface area contributed by atoms with Crippen molar-refractivity contribution in [3.05, 3.63) is 18.0 Å². The Morgan fingerprint density at radius 3 is 2.84 bits per heavy atom. The van der Waals surface area contributed by atoms with E-state index < -0.39 is 0 Å². The van der Waals surface area contributed by atoms with E-state index in [-0.39, 0.29) is 0 Å². The van der Waals surface area contributed by atoms with Gasteiger partial charge in [-0.05, 0) is 32.4 Å². The van der Waals surface area contributed by atoms with Crippen LogP contribution < -0.4 is 5.32 Å². The van der Waals surface area contributed by atoms with Gasteiger partial charge in [-0.1, -0.05) is 19.3 Å². The third-order valence-electron chi connectivity index (χ3n) is 4.04. The van der Waals surface area contributed by atoms with Gasteiger partial charge in [0.15, 0.2) is 0 Å². The molecule has 2 rings (SSSR count). The summed E-state index contributed by atoms with van der Waals surface area (Å²) in [5.74, 6) is 0.928. The monoisotopic (exact) mass is 264 g/mol. The van der Waals surface area contributed by atoms with Crippen LogP contribution in [0.1, 0.15) is 37.7 Å². The third kappa shape index (κ3) is 5.33. The number of hydrogen-bond acceptors (Lipinski definition) is 3. The van der Waals surface area contributed by atoms with E-state index in [2.05, 4.69) is 28.6 Å². The van der Waals surface area contributed by atoms with Crippen molar-refractivity contribution in [2.45, 2.75) is 38.6 Å². The lowest BCUT2D eigenvalue weighted by molar-refractivity contribution is 0.304. The number of likely N-dealkylation sites (N-methyl/N-ethyl adjacent to an activating group) is 1. The zero-order chi connectivity index (χ0) is 13.5. The van der Waals surface area contributed by atoms with Crippen LogP contribution in [0.4, 0.5) is 0 Å². The SMILES string of the molecule is CN(CCNCC1CCCCC1)Cc1cnn(C)c1. The number of rotatable bonds is 7. The van der Waals surface area contributed by atoms with E-state index in [1.54, 1.807) is 0 Å². The zero-order valence-corrected chi connectivity index (χ0v) is 12.4. The number of nitrogens with zero attached hydrogens (tertiary/aromatic N) is 3. The van der Waals surface area contributed by atoms with Crippen LogP contribution in [0.3, 0.4) is 0 Å². The van der Waals surface area contributed by atoms with Gasteiger partial charge in [-0.15, -0.1) is 0 Å². The normalized spacial score (nSPS) is 17.2. The molecule has 0 saturated heterocycles. The average molecular weight is 264 g/mol. The maximum absolute atomic E-state index is 4.20. The first-order valence-electron chi connectivity index (χ1n) is 7.61. The quantitative estimate of drug-likeness (QED) is 0.765. The topological polar surface area (TPSA) is 33.1 Å². The van der Waals surface area contributed by atoms with E-state index in [0.717, 1.165) is 25.6 Å². The van der Waals surface area contributed by atoms with Crippen LogP contribution in [-0.2, 0) is 13.6 Å². The molecule has 0 aromatic carbocycles. The first kappa shape index (κ1) is 14.5. The van der Waals surface area contributed by atoms with Gasteiger partial charge in [-0.25, -0.2) is 0 Å². The average Bonchev–Trinajstić information content (AvgIpc) is 2.81. The maximum Gasteiger partial charge on any atom is 0.0534 e. The summed E-state index contributed by atoms with van der Waals surface area (Å²) in [6.07, 6.45) is 11.2. The van der Waals surface area contributed by atoms with Gasteiger partial charge in [-0.2, -0.15) is 5.10 Å². The lowest BCUT2D eigenvalue weighted by atomic mass is 9.89. The second kappa shape index (κ2) is 7.65. The van der Waals surface area contributed by atoms with Crippen LogP contribution in [0.15, 0.2) is 12.4 Å². The van der Waals surface area contributed by atoms with Crippen LogP contribution in [0.5, 0.6) is 0 Å². The number of aryl methyl sites for hydroxylation is 1. The highest BCUT2D eigenvalue weighted by molar-refractivity contribution is 5.02. The van der Waals surface area contributed by atoms with Crippen molar-refractivity contribution in [1.29, 1.82) is 0 Å². The van der Waals surface area contributed by atoms with Gasteiger partial charge in [-0.3, -0.25) is 4.68 Å². The van der Waals surface area contributed by atoms with Crippen molar-refractivity contribution >= 4 is 0 Å². The summed E-state index contributed by atoms with van der Waals surface area (Å²) in [5, 5.41) is 7.82. The molecule has 0 atom stereocenters. The third-order valence-corrected chi connectivity index (χ3v) is 4.04. The Kier molecular flexibility index (Phi) is 5.86. The van der Waals surface area contributed by atoms with Crippen molar-refractivity contribution in [3.63, 3.8) is 0 Å². The molecule has 1 aromatic heterocycles. The predicted molar refractivity (Wildman–Crippen MR) is 79.0 cm³/mol. The van der Waals surface area contributed by atoms with Gasteiger partial charge in [0.25, 0.3) is 0 Å². The van der Waals surface area contributed by atoms with Crippen LogP contribution in [-0.4, -0.2) is 41.4 Å².